The number of hydrogen-bond donors (Lipinski definition) is 2. The summed E-state index contributed by atoms with van der Waals surface area (Å²) < 4.78 is 1.74. The van der Waals surface area contributed by atoms with Crippen LogP contribution in [-0.2, 0) is 11.2 Å². The molecule has 2 atom stereocenters. The molecule has 0 saturated heterocycles. The highest BCUT2D eigenvalue weighted by Crippen LogP contribution is 2.18. The van der Waals surface area contributed by atoms with Crippen molar-refractivity contribution in [2.75, 3.05) is 11.9 Å². The fourth-order valence-corrected chi connectivity index (χ4v) is 3.72. The van der Waals surface area contributed by atoms with Crippen molar-refractivity contribution in [2.45, 2.75) is 18.9 Å². The number of anilines is 1. The second-order valence-electron chi connectivity index (χ2n) is 7.67. The van der Waals surface area contributed by atoms with E-state index in [-0.39, 0.29) is 17.9 Å². The summed E-state index contributed by atoms with van der Waals surface area (Å²) in [6.45, 7) is 0.649. The molecule has 4 rings (SSSR count). The average Bonchev–Trinajstić information content (AvgIpc) is 3.31. The van der Waals surface area contributed by atoms with Gasteiger partial charge in [0.2, 0.25) is 5.91 Å². The van der Waals surface area contributed by atoms with Crippen molar-refractivity contribution in [3.8, 4) is 11.8 Å². The van der Waals surface area contributed by atoms with Crippen molar-refractivity contribution in [1.29, 1.82) is 5.26 Å². The predicted octanol–water partition coefficient (Wildman–Crippen LogP) is 4.02. The fourth-order valence-electron chi connectivity index (χ4n) is 3.72. The van der Waals surface area contributed by atoms with E-state index in [4.69, 9.17) is 5.26 Å². The summed E-state index contributed by atoms with van der Waals surface area (Å²) in [5, 5.41) is 19.8. The van der Waals surface area contributed by atoms with E-state index in [1.165, 1.54) is 0 Å². The molecule has 160 valence electrons. The Balaban J connectivity index is 1.41. The minimum absolute atomic E-state index is 0.0668. The lowest BCUT2D eigenvalue weighted by Gasteiger charge is -2.25. The van der Waals surface area contributed by atoms with Gasteiger partial charge in [0.15, 0.2) is 5.82 Å². The summed E-state index contributed by atoms with van der Waals surface area (Å²) >= 11 is 0. The molecule has 2 aromatic carbocycles. The van der Waals surface area contributed by atoms with E-state index in [2.05, 4.69) is 34.0 Å². The molecule has 0 aliphatic heterocycles. The normalized spacial score (nSPS) is 15.8. The molecular formula is C26H25N5O. The maximum atomic E-state index is 13.2. The first-order chi connectivity index (χ1) is 15.7. The topological polar surface area (TPSA) is 82.7 Å². The van der Waals surface area contributed by atoms with Crippen LogP contribution in [0.2, 0.25) is 0 Å². The van der Waals surface area contributed by atoms with Gasteiger partial charge < -0.3 is 10.6 Å². The molecular weight excluding hydrogens is 398 g/mol. The number of rotatable bonds is 8. The van der Waals surface area contributed by atoms with Crippen LogP contribution in [0.5, 0.6) is 0 Å². The molecule has 2 unspecified atom stereocenters. The first kappa shape index (κ1) is 21.3. The monoisotopic (exact) mass is 423 g/mol. The smallest absolute Gasteiger partial charge is 0.243 e. The molecule has 0 bridgehead atoms. The second kappa shape index (κ2) is 10.4. The van der Waals surface area contributed by atoms with Gasteiger partial charge >= 0.3 is 0 Å². The Hall–Kier alpha value is -3.95. The van der Waals surface area contributed by atoms with Gasteiger partial charge in [-0.25, -0.2) is 4.68 Å². The Morgan fingerprint density at radius 1 is 1.12 bits per heavy atom. The molecule has 6 heteroatoms. The molecule has 0 spiro atoms. The first-order valence-electron chi connectivity index (χ1n) is 10.7. The Bertz CT molecular complexity index is 1140. The highest BCUT2D eigenvalue weighted by atomic mass is 16.2. The minimum atomic E-state index is -0.378. The van der Waals surface area contributed by atoms with Crippen LogP contribution in [0.3, 0.4) is 0 Å². The summed E-state index contributed by atoms with van der Waals surface area (Å²) in [6.07, 6.45) is 11.5. The van der Waals surface area contributed by atoms with Crippen LogP contribution in [0.25, 0.3) is 5.69 Å². The van der Waals surface area contributed by atoms with Gasteiger partial charge in [0, 0.05) is 18.2 Å². The number of benzene rings is 2. The van der Waals surface area contributed by atoms with Gasteiger partial charge in [0.1, 0.15) is 0 Å². The third-order valence-electron chi connectivity index (χ3n) is 5.45. The van der Waals surface area contributed by atoms with E-state index in [1.54, 1.807) is 10.7 Å². The number of hydrogen-bond acceptors (Lipinski definition) is 4. The number of nitriles is 1. The molecule has 0 fully saturated rings. The van der Waals surface area contributed by atoms with Crippen molar-refractivity contribution in [2.24, 2.45) is 5.92 Å². The Morgan fingerprint density at radius 3 is 2.66 bits per heavy atom. The predicted molar refractivity (Wildman–Crippen MR) is 125 cm³/mol. The van der Waals surface area contributed by atoms with E-state index in [1.807, 2.05) is 72.9 Å². The SMILES string of the molecule is N#Cc1ccc(CCNC(C(=O)Nc2ccn(-c3ccccc3)n2)C2C=CC=CC2)cc1. The number of amides is 1. The summed E-state index contributed by atoms with van der Waals surface area (Å²) in [6, 6.07) is 20.9. The quantitative estimate of drug-likeness (QED) is 0.573. The average molecular weight is 424 g/mol. The van der Waals surface area contributed by atoms with Crippen molar-refractivity contribution in [3.05, 3.63) is 102 Å². The van der Waals surface area contributed by atoms with Gasteiger partial charge in [0.05, 0.1) is 23.4 Å². The van der Waals surface area contributed by atoms with Gasteiger partial charge in [-0.15, -0.1) is 0 Å². The molecule has 2 N–H and O–H groups in total. The molecule has 0 radical (unpaired) electrons. The van der Waals surface area contributed by atoms with Crippen LogP contribution in [0.1, 0.15) is 17.5 Å². The van der Waals surface area contributed by atoms with Gasteiger partial charge in [0.25, 0.3) is 0 Å². The summed E-state index contributed by atoms with van der Waals surface area (Å²) in [5.41, 5.74) is 2.70. The fraction of sp³-hybridized carbons (Fsp3) is 0.192. The summed E-state index contributed by atoms with van der Waals surface area (Å²) in [4.78, 5) is 13.2. The summed E-state index contributed by atoms with van der Waals surface area (Å²) in [7, 11) is 0. The number of para-hydroxylation sites is 1. The molecule has 1 heterocycles. The lowest BCUT2D eigenvalue weighted by atomic mass is 9.91. The molecule has 32 heavy (non-hydrogen) atoms. The van der Waals surface area contributed by atoms with Crippen LogP contribution in [0, 0.1) is 17.2 Å². The first-order valence-corrected chi connectivity index (χ1v) is 10.7. The Morgan fingerprint density at radius 2 is 1.94 bits per heavy atom. The van der Waals surface area contributed by atoms with E-state index >= 15 is 0 Å². The minimum Gasteiger partial charge on any atom is -0.308 e. The largest absolute Gasteiger partial charge is 0.308 e. The number of aromatic nitrogens is 2. The molecule has 6 nitrogen and oxygen atoms in total. The van der Waals surface area contributed by atoms with E-state index in [0.717, 1.165) is 24.1 Å². The molecule has 0 saturated carbocycles. The zero-order valence-corrected chi connectivity index (χ0v) is 17.7. The Labute approximate surface area is 187 Å². The van der Waals surface area contributed by atoms with Gasteiger partial charge in [-0.1, -0.05) is 54.6 Å². The van der Waals surface area contributed by atoms with Gasteiger partial charge in [-0.3, -0.25) is 4.79 Å². The van der Waals surface area contributed by atoms with Crippen molar-refractivity contribution >= 4 is 11.7 Å². The number of allylic oxidation sites excluding steroid dienone is 3. The zero-order valence-electron chi connectivity index (χ0n) is 17.7. The third kappa shape index (κ3) is 5.39. The number of carbonyl (C=O) groups excluding carboxylic acids is 1. The molecule has 1 aromatic heterocycles. The Kier molecular flexibility index (Phi) is 6.91. The number of nitrogens with one attached hydrogen (secondary N) is 2. The van der Waals surface area contributed by atoms with Crippen LogP contribution < -0.4 is 10.6 Å². The molecule has 1 amide bonds. The summed E-state index contributed by atoms with van der Waals surface area (Å²) in [5.74, 6) is 0.485. The number of nitrogens with zero attached hydrogens (tertiary/aromatic N) is 3. The third-order valence-corrected chi connectivity index (χ3v) is 5.45. The zero-order chi connectivity index (χ0) is 22.2. The van der Waals surface area contributed by atoms with Crippen molar-refractivity contribution in [1.82, 2.24) is 15.1 Å². The highest BCUT2D eigenvalue weighted by molar-refractivity contribution is 5.94. The van der Waals surface area contributed by atoms with E-state index in [0.29, 0.717) is 17.9 Å². The number of carbonyl (C=O) groups is 1. The maximum absolute atomic E-state index is 13.2. The maximum Gasteiger partial charge on any atom is 0.243 e. The molecule has 1 aliphatic carbocycles. The molecule has 1 aliphatic rings. The van der Waals surface area contributed by atoms with Crippen LogP contribution in [0.15, 0.2) is 91.2 Å². The standard InChI is InChI=1S/C26H25N5O/c27-19-21-13-11-20(12-14-21)15-17-28-25(22-7-3-1-4-8-22)26(32)29-24-16-18-31(30-24)23-9-5-2-6-10-23/h1-7,9-14,16,18,22,25,28H,8,15,17H2,(H,29,30,32). The molecule has 3 aromatic rings. The lowest BCUT2D eigenvalue weighted by molar-refractivity contribution is -0.119. The van der Waals surface area contributed by atoms with E-state index in [9.17, 15) is 4.79 Å². The van der Waals surface area contributed by atoms with Crippen LogP contribution in [-0.4, -0.2) is 28.3 Å². The van der Waals surface area contributed by atoms with Gasteiger partial charge in [-0.2, -0.15) is 10.4 Å². The van der Waals surface area contributed by atoms with Crippen molar-refractivity contribution < 1.29 is 4.79 Å². The van der Waals surface area contributed by atoms with Gasteiger partial charge in [-0.05, 0) is 49.2 Å². The van der Waals surface area contributed by atoms with Crippen LogP contribution >= 0.6 is 0 Å². The van der Waals surface area contributed by atoms with Crippen molar-refractivity contribution in [3.63, 3.8) is 0 Å². The lowest BCUT2D eigenvalue weighted by Crippen LogP contribution is -2.46. The van der Waals surface area contributed by atoms with E-state index < -0.39 is 0 Å². The highest BCUT2D eigenvalue weighted by Gasteiger charge is 2.26. The second-order valence-corrected chi connectivity index (χ2v) is 7.67. The van der Waals surface area contributed by atoms with Crippen LogP contribution in [0.4, 0.5) is 5.82 Å².